The van der Waals surface area contributed by atoms with Crippen LogP contribution in [0.15, 0.2) is 73.1 Å². The largest absolute Gasteiger partial charge is 0.378 e. The van der Waals surface area contributed by atoms with Crippen LogP contribution in [0.2, 0.25) is 0 Å². The lowest BCUT2D eigenvalue weighted by molar-refractivity contribution is 0.0940. The highest BCUT2D eigenvalue weighted by molar-refractivity contribution is 5.95. The van der Waals surface area contributed by atoms with Gasteiger partial charge in [-0.25, -0.2) is 0 Å². The van der Waals surface area contributed by atoms with Crippen LogP contribution in [0.25, 0.3) is 5.69 Å². The summed E-state index contributed by atoms with van der Waals surface area (Å²) < 4.78 is 2.06. The fraction of sp³-hybridized carbons (Fsp3) is 0.190. The van der Waals surface area contributed by atoms with Gasteiger partial charge in [-0.05, 0) is 55.0 Å². The molecule has 1 atom stereocenters. The Balaban J connectivity index is 1.70. The van der Waals surface area contributed by atoms with E-state index in [0.717, 1.165) is 16.9 Å². The molecule has 0 aliphatic rings. The summed E-state index contributed by atoms with van der Waals surface area (Å²) in [5.41, 5.74) is 3.86. The van der Waals surface area contributed by atoms with E-state index < -0.39 is 0 Å². The number of nitrogens with zero attached hydrogens (tertiary/aromatic N) is 2. The lowest BCUT2D eigenvalue weighted by atomic mass is 10.1. The molecule has 2 aromatic carbocycles. The molecular formula is C21H23N3O. The van der Waals surface area contributed by atoms with Crippen LogP contribution in [0.4, 0.5) is 5.69 Å². The van der Waals surface area contributed by atoms with Gasteiger partial charge in [-0.3, -0.25) is 4.79 Å². The monoisotopic (exact) mass is 333 g/mol. The van der Waals surface area contributed by atoms with Gasteiger partial charge in [0.2, 0.25) is 0 Å². The molecule has 0 saturated heterocycles. The van der Waals surface area contributed by atoms with Crippen molar-refractivity contribution in [3.8, 4) is 5.69 Å². The second kappa shape index (κ2) is 7.26. The number of aromatic nitrogens is 1. The first kappa shape index (κ1) is 16.8. The second-order valence-electron chi connectivity index (χ2n) is 6.32. The van der Waals surface area contributed by atoms with Gasteiger partial charge in [-0.15, -0.1) is 0 Å². The summed E-state index contributed by atoms with van der Waals surface area (Å²) in [4.78, 5) is 14.5. The van der Waals surface area contributed by atoms with E-state index in [2.05, 4.69) is 34.1 Å². The van der Waals surface area contributed by atoms with Crippen molar-refractivity contribution in [3.63, 3.8) is 0 Å². The molecular weight excluding hydrogens is 310 g/mol. The molecule has 0 aliphatic heterocycles. The Morgan fingerprint density at radius 1 is 1.00 bits per heavy atom. The van der Waals surface area contributed by atoms with Gasteiger partial charge in [0, 0.05) is 43.4 Å². The summed E-state index contributed by atoms with van der Waals surface area (Å²) >= 11 is 0. The van der Waals surface area contributed by atoms with E-state index in [1.165, 1.54) is 0 Å². The van der Waals surface area contributed by atoms with Gasteiger partial charge in [-0.1, -0.05) is 18.2 Å². The van der Waals surface area contributed by atoms with Gasteiger partial charge in [-0.2, -0.15) is 0 Å². The van der Waals surface area contributed by atoms with Crippen molar-refractivity contribution in [2.24, 2.45) is 0 Å². The van der Waals surface area contributed by atoms with E-state index in [9.17, 15) is 4.79 Å². The number of benzene rings is 2. The molecule has 0 radical (unpaired) electrons. The van der Waals surface area contributed by atoms with Gasteiger partial charge < -0.3 is 14.8 Å². The number of amides is 1. The van der Waals surface area contributed by atoms with Gasteiger partial charge in [0.15, 0.2) is 0 Å². The third kappa shape index (κ3) is 3.91. The molecule has 1 aromatic heterocycles. The molecule has 4 nitrogen and oxygen atoms in total. The van der Waals surface area contributed by atoms with Crippen LogP contribution in [-0.2, 0) is 0 Å². The van der Waals surface area contributed by atoms with Crippen molar-refractivity contribution in [2.45, 2.75) is 13.0 Å². The van der Waals surface area contributed by atoms with E-state index >= 15 is 0 Å². The van der Waals surface area contributed by atoms with Crippen LogP contribution in [0.3, 0.4) is 0 Å². The number of anilines is 1. The van der Waals surface area contributed by atoms with Gasteiger partial charge in [0.25, 0.3) is 5.91 Å². The first-order chi connectivity index (χ1) is 12.0. The maximum absolute atomic E-state index is 12.5. The van der Waals surface area contributed by atoms with Crippen molar-refractivity contribution in [1.82, 2.24) is 9.88 Å². The first-order valence-corrected chi connectivity index (χ1v) is 8.36. The minimum atomic E-state index is -0.0642. The molecule has 4 heteroatoms. The molecule has 3 rings (SSSR count). The van der Waals surface area contributed by atoms with E-state index in [1.54, 1.807) is 0 Å². The maximum atomic E-state index is 12.5. The summed E-state index contributed by atoms with van der Waals surface area (Å²) in [5, 5.41) is 3.07. The van der Waals surface area contributed by atoms with Crippen molar-refractivity contribution in [1.29, 1.82) is 0 Å². The minimum Gasteiger partial charge on any atom is -0.378 e. The van der Waals surface area contributed by atoms with E-state index in [0.29, 0.717) is 5.56 Å². The first-order valence-electron chi connectivity index (χ1n) is 8.36. The third-order valence-electron chi connectivity index (χ3n) is 4.27. The van der Waals surface area contributed by atoms with Crippen LogP contribution in [0, 0.1) is 0 Å². The molecule has 25 heavy (non-hydrogen) atoms. The quantitative estimate of drug-likeness (QED) is 0.765. The fourth-order valence-corrected chi connectivity index (χ4v) is 2.73. The molecule has 0 unspecified atom stereocenters. The van der Waals surface area contributed by atoms with Crippen molar-refractivity contribution in [2.75, 3.05) is 19.0 Å². The highest BCUT2D eigenvalue weighted by Gasteiger charge is 2.12. The zero-order valence-electron chi connectivity index (χ0n) is 14.8. The van der Waals surface area contributed by atoms with E-state index in [4.69, 9.17) is 0 Å². The topological polar surface area (TPSA) is 37.3 Å². The Morgan fingerprint density at radius 3 is 2.32 bits per heavy atom. The van der Waals surface area contributed by atoms with Crippen LogP contribution >= 0.6 is 0 Å². The predicted molar refractivity (Wildman–Crippen MR) is 102 cm³/mol. The number of hydrogen-bond donors (Lipinski definition) is 1. The summed E-state index contributed by atoms with van der Waals surface area (Å²) in [5.74, 6) is -0.0642. The molecule has 0 fully saturated rings. The molecule has 1 heterocycles. The zero-order valence-corrected chi connectivity index (χ0v) is 14.8. The van der Waals surface area contributed by atoms with Gasteiger partial charge >= 0.3 is 0 Å². The van der Waals surface area contributed by atoms with Crippen LogP contribution < -0.4 is 10.2 Å². The van der Waals surface area contributed by atoms with Crippen LogP contribution in [0.5, 0.6) is 0 Å². The Hall–Kier alpha value is -3.01. The molecule has 0 spiro atoms. The summed E-state index contributed by atoms with van der Waals surface area (Å²) in [6.07, 6.45) is 4.02. The Kier molecular flexibility index (Phi) is 4.89. The number of nitrogens with one attached hydrogen (secondary N) is 1. The Bertz CT molecular complexity index is 836. The number of rotatable bonds is 5. The standard InChI is InChI=1S/C21H23N3O/c1-16(17-9-11-19(12-10-17)24-13-4-5-14-24)22-21(25)18-7-6-8-20(15-18)23(2)3/h4-16H,1-3H3,(H,22,25)/t16-/m1/s1. The average Bonchev–Trinajstić information content (AvgIpc) is 3.16. The highest BCUT2D eigenvalue weighted by Crippen LogP contribution is 2.18. The smallest absolute Gasteiger partial charge is 0.251 e. The van der Waals surface area contributed by atoms with Crippen LogP contribution in [-0.4, -0.2) is 24.6 Å². The fourth-order valence-electron chi connectivity index (χ4n) is 2.73. The second-order valence-corrected chi connectivity index (χ2v) is 6.32. The predicted octanol–water partition coefficient (Wildman–Crippen LogP) is 4.03. The summed E-state index contributed by atoms with van der Waals surface area (Å²) in [7, 11) is 3.93. The number of carbonyl (C=O) groups excluding carboxylic acids is 1. The van der Waals surface area contributed by atoms with Gasteiger partial charge in [0.1, 0.15) is 0 Å². The van der Waals surface area contributed by atoms with Crippen molar-refractivity contribution < 1.29 is 4.79 Å². The normalized spacial score (nSPS) is 11.8. The molecule has 0 saturated carbocycles. The maximum Gasteiger partial charge on any atom is 0.251 e. The molecule has 1 N–H and O–H groups in total. The molecule has 0 aliphatic carbocycles. The zero-order chi connectivity index (χ0) is 17.8. The average molecular weight is 333 g/mol. The molecule has 128 valence electrons. The van der Waals surface area contributed by atoms with Crippen molar-refractivity contribution in [3.05, 3.63) is 84.2 Å². The molecule has 3 aromatic rings. The van der Waals surface area contributed by atoms with E-state index in [-0.39, 0.29) is 11.9 Å². The lowest BCUT2D eigenvalue weighted by Gasteiger charge is -2.17. The summed E-state index contributed by atoms with van der Waals surface area (Å²) in [6.45, 7) is 2.00. The number of carbonyl (C=O) groups is 1. The molecule has 1 amide bonds. The Labute approximate surface area is 148 Å². The van der Waals surface area contributed by atoms with E-state index in [1.807, 2.05) is 74.7 Å². The number of hydrogen-bond acceptors (Lipinski definition) is 2. The Morgan fingerprint density at radius 2 is 1.68 bits per heavy atom. The SMILES string of the molecule is C[C@@H](NC(=O)c1cccc(N(C)C)c1)c1ccc(-n2cccc2)cc1. The lowest BCUT2D eigenvalue weighted by Crippen LogP contribution is -2.26. The van der Waals surface area contributed by atoms with Gasteiger partial charge in [0.05, 0.1) is 6.04 Å². The molecule has 0 bridgehead atoms. The van der Waals surface area contributed by atoms with Crippen LogP contribution in [0.1, 0.15) is 28.9 Å². The van der Waals surface area contributed by atoms with Crippen molar-refractivity contribution >= 4 is 11.6 Å². The minimum absolute atomic E-state index is 0.0609. The highest BCUT2D eigenvalue weighted by atomic mass is 16.1. The summed E-state index contributed by atoms with van der Waals surface area (Å²) in [6, 6.07) is 19.8. The third-order valence-corrected chi connectivity index (χ3v) is 4.27.